The van der Waals surface area contributed by atoms with Crippen LogP contribution in [0.25, 0.3) is 0 Å². The highest BCUT2D eigenvalue weighted by Crippen LogP contribution is 2.31. The fraction of sp³-hybridized carbons (Fsp3) is 0.500. The van der Waals surface area contributed by atoms with Crippen molar-refractivity contribution in [3.63, 3.8) is 0 Å². The van der Waals surface area contributed by atoms with E-state index < -0.39 is 16.0 Å². The Kier molecular flexibility index (Phi) is 5.32. The molecule has 8 heteroatoms. The van der Waals surface area contributed by atoms with Gasteiger partial charge in [0, 0.05) is 11.4 Å². The van der Waals surface area contributed by atoms with Crippen molar-refractivity contribution < 1.29 is 17.9 Å². The van der Waals surface area contributed by atoms with Gasteiger partial charge in [-0.1, -0.05) is 6.92 Å². The number of carbonyl (C=O) groups excluding carboxylic acids is 1. The van der Waals surface area contributed by atoms with Crippen LogP contribution in [-0.2, 0) is 19.6 Å². The molecular weight excluding hydrogens is 342 g/mol. The van der Waals surface area contributed by atoms with Gasteiger partial charge in [-0.15, -0.1) is 11.3 Å². The molecule has 102 valence electrons. The molecule has 0 aromatic carbocycles. The van der Waals surface area contributed by atoms with Gasteiger partial charge < -0.3 is 4.74 Å². The van der Waals surface area contributed by atoms with Crippen LogP contribution in [0.5, 0.6) is 0 Å². The zero-order valence-corrected chi connectivity index (χ0v) is 13.5. The van der Waals surface area contributed by atoms with Crippen molar-refractivity contribution in [3.05, 3.63) is 14.7 Å². The number of rotatable bonds is 5. The van der Waals surface area contributed by atoms with Crippen molar-refractivity contribution in [1.29, 1.82) is 0 Å². The molecule has 0 fully saturated rings. The van der Waals surface area contributed by atoms with E-state index in [1.165, 1.54) is 18.4 Å². The minimum absolute atomic E-state index is 0.213. The third-order valence-electron chi connectivity index (χ3n) is 2.35. The zero-order chi connectivity index (χ0) is 13.9. The highest BCUT2D eigenvalue weighted by atomic mass is 79.9. The Morgan fingerprint density at radius 3 is 2.56 bits per heavy atom. The maximum absolute atomic E-state index is 12.4. The van der Waals surface area contributed by atoms with E-state index in [1.54, 1.807) is 19.9 Å². The number of carbonyl (C=O) groups is 1. The first-order valence-electron chi connectivity index (χ1n) is 5.15. The van der Waals surface area contributed by atoms with Gasteiger partial charge in [-0.2, -0.15) is 4.31 Å². The molecule has 18 heavy (non-hydrogen) atoms. The van der Waals surface area contributed by atoms with Gasteiger partial charge in [-0.05, 0) is 28.9 Å². The molecule has 5 nitrogen and oxygen atoms in total. The van der Waals surface area contributed by atoms with Crippen molar-refractivity contribution in [2.24, 2.45) is 0 Å². The monoisotopic (exact) mass is 355 g/mol. The molecule has 0 aliphatic rings. The van der Waals surface area contributed by atoms with E-state index in [2.05, 4.69) is 20.7 Å². The molecule has 1 heterocycles. The number of likely N-dealkylation sites (N-methyl/N-ethyl adjacent to an activating group) is 1. The van der Waals surface area contributed by atoms with E-state index in [9.17, 15) is 13.2 Å². The van der Waals surface area contributed by atoms with E-state index in [-0.39, 0.29) is 18.0 Å². The molecule has 0 saturated carbocycles. The van der Waals surface area contributed by atoms with Crippen LogP contribution in [0.15, 0.2) is 14.7 Å². The largest absolute Gasteiger partial charge is 0.468 e. The Morgan fingerprint density at radius 2 is 2.17 bits per heavy atom. The number of sulfonamides is 1. The van der Waals surface area contributed by atoms with Crippen molar-refractivity contribution >= 4 is 43.3 Å². The molecule has 0 amide bonds. The Bertz CT molecular complexity index is 538. The average Bonchev–Trinajstić information content (AvgIpc) is 2.65. The molecule has 0 atom stereocenters. The van der Waals surface area contributed by atoms with Crippen LogP contribution >= 0.6 is 27.3 Å². The Balaban J connectivity index is 3.11. The summed E-state index contributed by atoms with van der Waals surface area (Å²) in [6.45, 7) is 3.35. The van der Waals surface area contributed by atoms with Gasteiger partial charge in [0.05, 0.1) is 15.8 Å². The summed E-state index contributed by atoms with van der Waals surface area (Å²) in [6, 6.07) is 1.55. The molecule has 0 spiro atoms. The molecule has 0 aliphatic carbocycles. The van der Waals surface area contributed by atoms with E-state index in [4.69, 9.17) is 0 Å². The van der Waals surface area contributed by atoms with Gasteiger partial charge in [0.25, 0.3) is 0 Å². The van der Waals surface area contributed by atoms with Crippen LogP contribution in [0.4, 0.5) is 0 Å². The van der Waals surface area contributed by atoms with Crippen molar-refractivity contribution in [2.45, 2.75) is 18.7 Å². The predicted molar refractivity (Wildman–Crippen MR) is 73.2 cm³/mol. The van der Waals surface area contributed by atoms with E-state index in [0.717, 1.165) is 8.09 Å². The molecule has 1 aromatic heterocycles. The molecule has 0 saturated heterocycles. The number of nitrogens with zero attached hydrogens (tertiary/aromatic N) is 1. The van der Waals surface area contributed by atoms with Gasteiger partial charge in [0.15, 0.2) is 0 Å². The van der Waals surface area contributed by atoms with Crippen LogP contribution in [0.1, 0.15) is 11.8 Å². The van der Waals surface area contributed by atoms with Gasteiger partial charge in [0.2, 0.25) is 10.0 Å². The van der Waals surface area contributed by atoms with Crippen LogP contribution in [-0.4, -0.2) is 38.9 Å². The number of halogens is 1. The number of esters is 1. The van der Waals surface area contributed by atoms with Gasteiger partial charge >= 0.3 is 5.97 Å². The smallest absolute Gasteiger partial charge is 0.321 e. The minimum Gasteiger partial charge on any atom is -0.468 e. The second-order valence-corrected chi connectivity index (χ2v) is 8.02. The number of methoxy groups -OCH3 is 1. The lowest BCUT2D eigenvalue weighted by atomic mass is 10.5. The summed E-state index contributed by atoms with van der Waals surface area (Å²) in [4.78, 5) is 12.1. The minimum atomic E-state index is -3.65. The predicted octanol–water partition coefficient (Wildman–Crippen LogP) is 2.00. The lowest BCUT2D eigenvalue weighted by molar-refractivity contribution is -0.140. The van der Waals surface area contributed by atoms with Crippen LogP contribution in [0, 0.1) is 6.92 Å². The maximum atomic E-state index is 12.4. The Labute approximate surface area is 119 Å². The zero-order valence-electron chi connectivity index (χ0n) is 10.3. The molecule has 0 radical (unpaired) electrons. The topological polar surface area (TPSA) is 63.7 Å². The average molecular weight is 356 g/mol. The molecule has 0 unspecified atom stereocenters. The normalized spacial score (nSPS) is 11.8. The van der Waals surface area contributed by atoms with Gasteiger partial charge in [0.1, 0.15) is 6.54 Å². The van der Waals surface area contributed by atoms with Crippen LogP contribution < -0.4 is 0 Å². The number of ether oxygens (including phenoxy) is 1. The second kappa shape index (κ2) is 6.14. The molecule has 0 aliphatic heterocycles. The lowest BCUT2D eigenvalue weighted by Crippen LogP contribution is -2.36. The molecule has 1 rings (SSSR count). The summed E-state index contributed by atoms with van der Waals surface area (Å²) in [6.07, 6.45) is 0. The highest BCUT2D eigenvalue weighted by molar-refractivity contribution is 9.11. The quantitative estimate of drug-likeness (QED) is 0.757. The van der Waals surface area contributed by atoms with Gasteiger partial charge in [-0.25, -0.2) is 8.42 Å². The summed E-state index contributed by atoms with van der Waals surface area (Å²) in [5.41, 5.74) is 0. The molecule has 0 N–H and O–H groups in total. The lowest BCUT2D eigenvalue weighted by Gasteiger charge is -2.18. The van der Waals surface area contributed by atoms with Crippen LogP contribution in [0.3, 0.4) is 0 Å². The first-order chi connectivity index (χ1) is 8.32. The van der Waals surface area contributed by atoms with E-state index in [1.807, 2.05) is 0 Å². The fourth-order valence-corrected chi connectivity index (χ4v) is 5.18. The first-order valence-corrected chi connectivity index (χ1v) is 8.20. The number of hydrogen-bond acceptors (Lipinski definition) is 5. The van der Waals surface area contributed by atoms with Gasteiger partial charge in [-0.3, -0.25) is 4.79 Å². The summed E-state index contributed by atoms with van der Waals surface area (Å²) >= 11 is 4.60. The first kappa shape index (κ1) is 15.6. The Morgan fingerprint density at radius 1 is 1.56 bits per heavy atom. The fourth-order valence-electron chi connectivity index (χ4n) is 1.40. The molecule has 1 aromatic rings. The summed E-state index contributed by atoms with van der Waals surface area (Å²) in [7, 11) is -2.42. The molecular formula is C10H14BrNO4S2. The number of hydrogen-bond donors (Lipinski definition) is 0. The summed E-state index contributed by atoms with van der Waals surface area (Å²) in [5.74, 6) is -0.577. The SMILES string of the molecule is CCN(CC(=O)OC)S(=O)(=O)c1cc(Br)sc1C. The Hall–Kier alpha value is -0.440. The molecule has 0 bridgehead atoms. The van der Waals surface area contributed by atoms with E-state index in [0.29, 0.717) is 4.88 Å². The maximum Gasteiger partial charge on any atom is 0.321 e. The van der Waals surface area contributed by atoms with Crippen LogP contribution in [0.2, 0.25) is 0 Å². The third-order valence-corrected chi connectivity index (χ3v) is 6.08. The number of thiophene rings is 1. The van der Waals surface area contributed by atoms with Crippen molar-refractivity contribution in [1.82, 2.24) is 4.31 Å². The van der Waals surface area contributed by atoms with E-state index >= 15 is 0 Å². The van der Waals surface area contributed by atoms with Crippen molar-refractivity contribution in [2.75, 3.05) is 20.2 Å². The highest BCUT2D eigenvalue weighted by Gasteiger charge is 2.28. The standard InChI is InChI=1S/C10H14BrNO4S2/c1-4-12(6-10(13)16-3)18(14,15)8-5-9(11)17-7(8)2/h5H,4,6H2,1-3H3. The summed E-state index contributed by atoms with van der Waals surface area (Å²) in [5, 5.41) is 0. The number of aryl methyl sites for hydroxylation is 1. The third kappa shape index (κ3) is 3.31. The van der Waals surface area contributed by atoms with Crippen molar-refractivity contribution in [3.8, 4) is 0 Å². The second-order valence-electron chi connectivity index (χ2n) is 3.48. The summed E-state index contributed by atoms with van der Waals surface area (Å²) < 4.78 is 31.0.